The summed E-state index contributed by atoms with van der Waals surface area (Å²) in [6.07, 6.45) is -0.0165. The summed E-state index contributed by atoms with van der Waals surface area (Å²) < 4.78 is 68.1. The molecule has 1 saturated heterocycles. The largest absolute Gasteiger partial charge is 0.496 e. The van der Waals surface area contributed by atoms with Crippen molar-refractivity contribution in [2.45, 2.75) is 23.1 Å². The minimum Gasteiger partial charge on any atom is -0.496 e. The van der Waals surface area contributed by atoms with Gasteiger partial charge in [-0.25, -0.2) is 21.2 Å². The van der Waals surface area contributed by atoms with Gasteiger partial charge < -0.3 is 10.1 Å². The van der Waals surface area contributed by atoms with Crippen molar-refractivity contribution in [2.75, 3.05) is 18.6 Å². The van der Waals surface area contributed by atoms with Gasteiger partial charge in [-0.05, 0) is 30.7 Å². The number of amides is 1. The predicted octanol–water partition coefficient (Wildman–Crippen LogP) is 1.73. The first kappa shape index (κ1) is 21.3. The molecule has 0 unspecified atom stereocenters. The summed E-state index contributed by atoms with van der Waals surface area (Å²) >= 11 is 0. The number of hydrogen-bond acceptors (Lipinski definition) is 6. The van der Waals surface area contributed by atoms with Gasteiger partial charge in [0.1, 0.15) is 11.6 Å². The quantitative estimate of drug-likeness (QED) is 0.684. The molecule has 1 aliphatic rings. The van der Waals surface area contributed by atoms with Crippen LogP contribution in [0, 0.1) is 5.82 Å². The molecule has 1 fully saturated rings. The molecular weight excluding hydrogens is 421 g/mol. The summed E-state index contributed by atoms with van der Waals surface area (Å²) in [6, 6.07) is 9.87. The molecule has 1 aliphatic heterocycles. The molecule has 7 nitrogen and oxygen atoms in total. The second kappa shape index (κ2) is 8.11. The van der Waals surface area contributed by atoms with Gasteiger partial charge in [0.15, 0.2) is 19.7 Å². The number of rotatable bonds is 6. The Bertz CT molecular complexity index is 1150. The molecule has 29 heavy (non-hydrogen) atoms. The van der Waals surface area contributed by atoms with E-state index in [2.05, 4.69) is 5.32 Å². The van der Waals surface area contributed by atoms with Gasteiger partial charge >= 0.3 is 0 Å². The lowest BCUT2D eigenvalue weighted by atomic mass is 10.1. The fourth-order valence-electron chi connectivity index (χ4n) is 3.17. The van der Waals surface area contributed by atoms with E-state index < -0.39 is 48.0 Å². The number of para-hydroxylation sites is 1. The molecule has 1 atom stereocenters. The van der Waals surface area contributed by atoms with Crippen molar-refractivity contribution in [3.63, 3.8) is 0 Å². The van der Waals surface area contributed by atoms with Gasteiger partial charge in [0.2, 0.25) is 0 Å². The van der Waals surface area contributed by atoms with E-state index in [0.29, 0.717) is 11.3 Å². The van der Waals surface area contributed by atoms with Crippen molar-refractivity contribution < 1.29 is 30.8 Å². The average molecular weight is 442 g/mol. The summed E-state index contributed by atoms with van der Waals surface area (Å²) in [6.45, 7) is 0.0557. The molecule has 0 saturated carbocycles. The van der Waals surface area contributed by atoms with E-state index >= 15 is 0 Å². The lowest BCUT2D eigenvalue weighted by molar-refractivity contribution is 0.0946. The number of carbonyl (C=O) groups excluding carboxylic acids is 1. The van der Waals surface area contributed by atoms with Crippen LogP contribution in [0.1, 0.15) is 22.3 Å². The fraction of sp³-hybridized carbons (Fsp3) is 0.316. The zero-order valence-corrected chi connectivity index (χ0v) is 17.2. The fourth-order valence-corrected chi connectivity index (χ4v) is 7.56. The van der Waals surface area contributed by atoms with Crippen LogP contribution < -0.4 is 10.1 Å². The van der Waals surface area contributed by atoms with Crippen molar-refractivity contribution >= 4 is 25.6 Å². The normalized spacial score (nSPS) is 18.3. The smallest absolute Gasteiger partial charge is 0.254 e. The zero-order chi connectivity index (χ0) is 21.2. The Morgan fingerprint density at radius 2 is 1.97 bits per heavy atom. The van der Waals surface area contributed by atoms with Gasteiger partial charge in [-0.2, -0.15) is 0 Å². The molecule has 2 aromatic rings. The van der Waals surface area contributed by atoms with Crippen LogP contribution in [-0.2, 0) is 26.2 Å². The molecule has 3 rings (SSSR count). The number of ether oxygens (including phenoxy) is 1. The number of carbonyl (C=O) groups is 1. The van der Waals surface area contributed by atoms with Gasteiger partial charge in [0.05, 0.1) is 34.3 Å². The van der Waals surface area contributed by atoms with Crippen LogP contribution in [0.25, 0.3) is 0 Å². The Kier molecular flexibility index (Phi) is 5.95. The SMILES string of the molecule is COc1ccccc1CNC(=O)c1cc(S(=O)(=O)[C@@H]2CCS(=O)(=O)C2)ccc1F. The second-order valence-corrected chi connectivity index (χ2v) is 11.2. The van der Waals surface area contributed by atoms with E-state index in [4.69, 9.17) is 4.74 Å². The van der Waals surface area contributed by atoms with Crippen LogP contribution in [-0.4, -0.2) is 46.6 Å². The third-order valence-corrected chi connectivity index (χ3v) is 8.94. The summed E-state index contributed by atoms with van der Waals surface area (Å²) in [4.78, 5) is 12.2. The molecule has 2 aromatic carbocycles. The van der Waals surface area contributed by atoms with Gasteiger partial charge in [-0.15, -0.1) is 0 Å². The number of sulfone groups is 2. The molecule has 0 aliphatic carbocycles. The Morgan fingerprint density at radius 3 is 2.62 bits per heavy atom. The Hall–Kier alpha value is -2.46. The summed E-state index contributed by atoms with van der Waals surface area (Å²) in [7, 11) is -5.93. The Labute approximate surface area is 168 Å². The molecule has 0 aromatic heterocycles. The minimum absolute atomic E-state index is 0.0165. The average Bonchev–Trinajstić information content (AvgIpc) is 3.07. The van der Waals surface area contributed by atoms with Gasteiger partial charge in [0.25, 0.3) is 5.91 Å². The molecule has 0 radical (unpaired) electrons. The highest BCUT2D eigenvalue weighted by Gasteiger charge is 2.38. The third-order valence-electron chi connectivity index (χ3n) is 4.77. The highest BCUT2D eigenvalue weighted by Crippen LogP contribution is 2.27. The van der Waals surface area contributed by atoms with Crippen LogP contribution in [0.3, 0.4) is 0 Å². The Morgan fingerprint density at radius 1 is 1.24 bits per heavy atom. The van der Waals surface area contributed by atoms with Crippen molar-refractivity contribution in [1.82, 2.24) is 5.32 Å². The standard InChI is InChI=1S/C19H20FNO6S2/c1-27-18-5-3-2-4-13(18)11-21-19(22)16-10-14(6-7-17(16)20)29(25,26)15-8-9-28(23,24)12-15/h2-7,10,15H,8-9,11-12H2,1H3,(H,21,22)/t15-/m1/s1. The number of halogens is 1. The van der Waals surface area contributed by atoms with Crippen molar-refractivity contribution in [2.24, 2.45) is 0 Å². The van der Waals surface area contributed by atoms with E-state index in [1.165, 1.54) is 7.11 Å². The Balaban J connectivity index is 1.82. The number of benzene rings is 2. The van der Waals surface area contributed by atoms with E-state index in [-0.39, 0.29) is 23.6 Å². The highest BCUT2D eigenvalue weighted by atomic mass is 32.2. The first-order chi connectivity index (χ1) is 13.6. The summed E-state index contributed by atoms with van der Waals surface area (Å²) in [5.74, 6) is -1.79. The predicted molar refractivity (Wildman–Crippen MR) is 105 cm³/mol. The van der Waals surface area contributed by atoms with E-state index in [1.54, 1.807) is 24.3 Å². The molecule has 10 heteroatoms. The first-order valence-electron chi connectivity index (χ1n) is 8.78. The van der Waals surface area contributed by atoms with Crippen LogP contribution in [0.5, 0.6) is 5.75 Å². The molecule has 156 valence electrons. The maximum atomic E-state index is 14.2. The molecule has 0 spiro atoms. The third kappa shape index (κ3) is 4.59. The van der Waals surface area contributed by atoms with Gasteiger partial charge in [0, 0.05) is 12.1 Å². The van der Waals surface area contributed by atoms with Crippen molar-refractivity contribution in [3.05, 3.63) is 59.4 Å². The minimum atomic E-state index is -4.01. The van der Waals surface area contributed by atoms with E-state index in [0.717, 1.165) is 18.2 Å². The lowest BCUT2D eigenvalue weighted by Gasteiger charge is -2.13. The van der Waals surface area contributed by atoms with Crippen LogP contribution in [0.4, 0.5) is 4.39 Å². The lowest BCUT2D eigenvalue weighted by Crippen LogP contribution is -2.26. The molecule has 1 N–H and O–H groups in total. The number of hydrogen-bond donors (Lipinski definition) is 1. The topological polar surface area (TPSA) is 107 Å². The van der Waals surface area contributed by atoms with E-state index in [9.17, 15) is 26.0 Å². The maximum absolute atomic E-state index is 14.2. The van der Waals surface area contributed by atoms with Gasteiger partial charge in [-0.3, -0.25) is 4.79 Å². The summed E-state index contributed by atoms with van der Waals surface area (Å²) in [5, 5.41) is 1.45. The van der Waals surface area contributed by atoms with Crippen LogP contribution >= 0.6 is 0 Å². The summed E-state index contributed by atoms with van der Waals surface area (Å²) in [5.41, 5.74) is 0.241. The maximum Gasteiger partial charge on any atom is 0.254 e. The molecule has 1 amide bonds. The first-order valence-corrected chi connectivity index (χ1v) is 12.1. The van der Waals surface area contributed by atoms with Crippen LogP contribution in [0.15, 0.2) is 47.4 Å². The zero-order valence-electron chi connectivity index (χ0n) is 15.6. The van der Waals surface area contributed by atoms with Crippen molar-refractivity contribution in [3.8, 4) is 5.75 Å². The van der Waals surface area contributed by atoms with Crippen molar-refractivity contribution in [1.29, 1.82) is 0 Å². The molecular formula is C19H20FNO6S2. The highest BCUT2D eigenvalue weighted by molar-refractivity contribution is 7.96. The second-order valence-electron chi connectivity index (χ2n) is 6.71. The number of methoxy groups -OCH3 is 1. The van der Waals surface area contributed by atoms with E-state index in [1.807, 2.05) is 0 Å². The monoisotopic (exact) mass is 441 g/mol. The molecule has 0 bridgehead atoms. The van der Waals surface area contributed by atoms with Gasteiger partial charge in [-0.1, -0.05) is 18.2 Å². The van der Waals surface area contributed by atoms with Crippen LogP contribution in [0.2, 0.25) is 0 Å². The number of nitrogens with one attached hydrogen (secondary N) is 1. The molecule has 1 heterocycles.